The van der Waals surface area contributed by atoms with Crippen molar-refractivity contribution in [3.05, 3.63) is 23.4 Å². The van der Waals surface area contributed by atoms with Gasteiger partial charge in [-0.2, -0.15) is 13.2 Å². The summed E-state index contributed by atoms with van der Waals surface area (Å²) in [6, 6.07) is 1.87. The molecule has 1 aromatic heterocycles. The van der Waals surface area contributed by atoms with Gasteiger partial charge >= 0.3 is 6.18 Å². The van der Waals surface area contributed by atoms with Gasteiger partial charge in [0.25, 0.3) is 0 Å². The lowest BCUT2D eigenvalue weighted by atomic mass is 10.2. The van der Waals surface area contributed by atoms with Crippen molar-refractivity contribution in [2.75, 3.05) is 25.0 Å². The highest BCUT2D eigenvalue weighted by atomic mass is 19.4. The maximum absolute atomic E-state index is 12.3. The van der Waals surface area contributed by atoms with Crippen LogP contribution in [0, 0.1) is 6.92 Å². The van der Waals surface area contributed by atoms with E-state index < -0.39 is 12.7 Å². The standard InChI is InChI=1S/C13H20F3N3/c1-4-5-17-7-11-6-10(2)12(18-8-11)19(3)9-13(14,15)16/h6,8,17H,4-5,7,9H2,1-3H3. The summed E-state index contributed by atoms with van der Waals surface area (Å²) in [6.07, 6.45) is -1.55. The first-order valence-corrected chi connectivity index (χ1v) is 6.27. The van der Waals surface area contributed by atoms with Gasteiger partial charge in [0.2, 0.25) is 0 Å². The zero-order chi connectivity index (χ0) is 14.5. The molecule has 0 aromatic carbocycles. The highest BCUT2D eigenvalue weighted by molar-refractivity contribution is 5.46. The summed E-state index contributed by atoms with van der Waals surface area (Å²) in [4.78, 5) is 5.25. The average Bonchev–Trinajstić information content (AvgIpc) is 2.27. The fraction of sp³-hybridized carbons (Fsp3) is 0.615. The normalized spacial score (nSPS) is 11.7. The number of hydrogen-bond acceptors (Lipinski definition) is 3. The Morgan fingerprint density at radius 3 is 2.58 bits per heavy atom. The summed E-state index contributed by atoms with van der Waals surface area (Å²) in [5.74, 6) is 0.372. The molecule has 0 unspecified atom stereocenters. The van der Waals surface area contributed by atoms with Crippen molar-refractivity contribution < 1.29 is 13.2 Å². The van der Waals surface area contributed by atoms with Crippen molar-refractivity contribution >= 4 is 5.82 Å². The van der Waals surface area contributed by atoms with E-state index in [0.717, 1.165) is 29.0 Å². The molecule has 0 aliphatic heterocycles. The van der Waals surface area contributed by atoms with Crippen LogP contribution in [0.2, 0.25) is 0 Å². The Labute approximate surface area is 111 Å². The van der Waals surface area contributed by atoms with E-state index in [9.17, 15) is 13.2 Å². The van der Waals surface area contributed by atoms with Crippen molar-refractivity contribution in [1.82, 2.24) is 10.3 Å². The molecule has 0 aliphatic rings. The summed E-state index contributed by atoms with van der Waals surface area (Å²) in [5.41, 5.74) is 1.73. The van der Waals surface area contributed by atoms with Crippen molar-refractivity contribution in [2.24, 2.45) is 0 Å². The van der Waals surface area contributed by atoms with Gasteiger partial charge in [0, 0.05) is 19.8 Å². The van der Waals surface area contributed by atoms with Crippen LogP contribution in [0.4, 0.5) is 19.0 Å². The van der Waals surface area contributed by atoms with Gasteiger partial charge in [0.15, 0.2) is 0 Å². The predicted molar refractivity (Wildman–Crippen MR) is 70.3 cm³/mol. The molecule has 1 heterocycles. The highest BCUT2D eigenvalue weighted by Crippen LogP contribution is 2.22. The quantitative estimate of drug-likeness (QED) is 0.809. The molecule has 0 saturated carbocycles. The topological polar surface area (TPSA) is 28.2 Å². The number of hydrogen-bond donors (Lipinski definition) is 1. The maximum Gasteiger partial charge on any atom is 0.405 e. The Morgan fingerprint density at radius 2 is 2.05 bits per heavy atom. The maximum atomic E-state index is 12.3. The molecule has 0 bridgehead atoms. The van der Waals surface area contributed by atoms with Gasteiger partial charge in [-0.3, -0.25) is 0 Å². The van der Waals surface area contributed by atoms with Crippen LogP contribution in [0.15, 0.2) is 12.3 Å². The third-order valence-corrected chi connectivity index (χ3v) is 2.64. The molecule has 0 atom stereocenters. The molecule has 0 saturated heterocycles. The minimum Gasteiger partial charge on any atom is -0.350 e. The van der Waals surface area contributed by atoms with Gasteiger partial charge < -0.3 is 10.2 Å². The lowest BCUT2D eigenvalue weighted by Gasteiger charge is -2.21. The molecule has 3 nitrogen and oxygen atoms in total. The number of rotatable bonds is 6. The fourth-order valence-electron chi connectivity index (χ4n) is 1.88. The molecule has 0 radical (unpaired) electrons. The summed E-state index contributed by atoms with van der Waals surface area (Å²) in [7, 11) is 1.40. The van der Waals surface area contributed by atoms with Gasteiger partial charge in [0.1, 0.15) is 12.4 Å². The first-order chi connectivity index (χ1) is 8.83. The number of aryl methyl sites for hydroxylation is 1. The van der Waals surface area contributed by atoms with Gasteiger partial charge in [0.05, 0.1) is 0 Å². The molecule has 6 heteroatoms. The van der Waals surface area contributed by atoms with E-state index in [0.29, 0.717) is 12.4 Å². The Morgan fingerprint density at radius 1 is 1.37 bits per heavy atom. The summed E-state index contributed by atoms with van der Waals surface area (Å²) < 4.78 is 37.0. The van der Waals surface area contributed by atoms with E-state index in [1.807, 2.05) is 6.07 Å². The van der Waals surface area contributed by atoms with Crippen molar-refractivity contribution in [3.8, 4) is 0 Å². The largest absolute Gasteiger partial charge is 0.405 e. The molecule has 1 rings (SSSR count). The number of nitrogens with zero attached hydrogens (tertiary/aromatic N) is 2. The lowest BCUT2D eigenvalue weighted by molar-refractivity contribution is -0.119. The van der Waals surface area contributed by atoms with Gasteiger partial charge in [-0.15, -0.1) is 0 Å². The van der Waals surface area contributed by atoms with Crippen molar-refractivity contribution in [2.45, 2.75) is 33.0 Å². The smallest absolute Gasteiger partial charge is 0.350 e. The van der Waals surface area contributed by atoms with E-state index in [2.05, 4.69) is 17.2 Å². The van der Waals surface area contributed by atoms with Gasteiger partial charge in [-0.25, -0.2) is 4.98 Å². The zero-order valence-electron chi connectivity index (χ0n) is 11.5. The first kappa shape index (κ1) is 15.8. The third kappa shape index (κ3) is 5.46. The molecule has 19 heavy (non-hydrogen) atoms. The average molecular weight is 275 g/mol. The molecule has 1 aromatic rings. The number of anilines is 1. The molecule has 108 valence electrons. The van der Waals surface area contributed by atoms with Crippen LogP contribution in [0.1, 0.15) is 24.5 Å². The van der Waals surface area contributed by atoms with E-state index in [4.69, 9.17) is 0 Å². The molecule has 0 fully saturated rings. The summed E-state index contributed by atoms with van der Waals surface area (Å²) in [6.45, 7) is 4.46. The predicted octanol–water partition coefficient (Wildman–Crippen LogP) is 2.89. The van der Waals surface area contributed by atoms with Crippen LogP contribution in [0.25, 0.3) is 0 Å². The van der Waals surface area contributed by atoms with Crippen LogP contribution in [-0.2, 0) is 6.54 Å². The van der Waals surface area contributed by atoms with E-state index in [-0.39, 0.29) is 0 Å². The minimum absolute atomic E-state index is 0.372. The second-order valence-electron chi connectivity index (χ2n) is 4.63. The Balaban J connectivity index is 2.71. The van der Waals surface area contributed by atoms with E-state index in [1.54, 1.807) is 13.1 Å². The third-order valence-electron chi connectivity index (χ3n) is 2.64. The zero-order valence-corrected chi connectivity index (χ0v) is 11.5. The minimum atomic E-state index is -4.22. The Kier molecular flexibility index (Phi) is 5.60. The second-order valence-corrected chi connectivity index (χ2v) is 4.63. The van der Waals surface area contributed by atoms with Crippen LogP contribution in [0.3, 0.4) is 0 Å². The van der Waals surface area contributed by atoms with Gasteiger partial charge in [-0.05, 0) is 37.1 Å². The number of nitrogens with one attached hydrogen (secondary N) is 1. The van der Waals surface area contributed by atoms with Crippen molar-refractivity contribution in [1.29, 1.82) is 0 Å². The number of halogens is 3. The van der Waals surface area contributed by atoms with E-state index >= 15 is 0 Å². The van der Waals surface area contributed by atoms with Gasteiger partial charge in [-0.1, -0.05) is 6.92 Å². The first-order valence-electron chi connectivity index (χ1n) is 6.27. The van der Waals surface area contributed by atoms with Crippen molar-refractivity contribution in [3.63, 3.8) is 0 Å². The van der Waals surface area contributed by atoms with Crippen LogP contribution in [-0.4, -0.2) is 31.3 Å². The lowest BCUT2D eigenvalue weighted by Crippen LogP contribution is -2.32. The summed E-state index contributed by atoms with van der Waals surface area (Å²) >= 11 is 0. The number of aromatic nitrogens is 1. The Bertz CT molecular complexity index is 405. The van der Waals surface area contributed by atoms with Crippen LogP contribution in [0.5, 0.6) is 0 Å². The molecule has 0 aliphatic carbocycles. The van der Waals surface area contributed by atoms with E-state index in [1.165, 1.54) is 7.05 Å². The summed E-state index contributed by atoms with van der Waals surface area (Å²) in [5, 5.41) is 3.23. The van der Waals surface area contributed by atoms with Crippen LogP contribution >= 0.6 is 0 Å². The fourth-order valence-corrected chi connectivity index (χ4v) is 1.88. The number of alkyl halides is 3. The molecular formula is C13H20F3N3. The van der Waals surface area contributed by atoms with Crippen LogP contribution < -0.4 is 10.2 Å². The SMILES string of the molecule is CCCNCc1cnc(N(C)CC(F)(F)F)c(C)c1. The molecule has 1 N–H and O–H groups in total. The molecule has 0 spiro atoms. The Hall–Kier alpha value is -1.30. The molecular weight excluding hydrogens is 255 g/mol. The highest BCUT2D eigenvalue weighted by Gasteiger charge is 2.30. The number of pyridine rings is 1. The monoisotopic (exact) mass is 275 g/mol. The second kappa shape index (κ2) is 6.75. The molecule has 0 amide bonds.